The van der Waals surface area contributed by atoms with Gasteiger partial charge in [-0.3, -0.25) is 0 Å². The molecule has 0 aromatic heterocycles. The molecule has 2 rings (SSSR count). The SMILES string of the molecule is COc1cc(CO)ccc1Oc1ccc(N)cc1C#N. The Hall–Kier alpha value is -2.71. The van der Waals surface area contributed by atoms with Crippen LogP contribution in [0.4, 0.5) is 5.69 Å². The number of rotatable bonds is 4. The molecule has 0 spiro atoms. The lowest BCUT2D eigenvalue weighted by Gasteiger charge is -2.12. The number of hydrogen-bond acceptors (Lipinski definition) is 5. The summed E-state index contributed by atoms with van der Waals surface area (Å²) in [4.78, 5) is 0. The van der Waals surface area contributed by atoms with Gasteiger partial charge in [0, 0.05) is 5.69 Å². The minimum absolute atomic E-state index is 0.0814. The molecule has 20 heavy (non-hydrogen) atoms. The van der Waals surface area contributed by atoms with Crippen molar-refractivity contribution >= 4 is 5.69 Å². The highest BCUT2D eigenvalue weighted by atomic mass is 16.5. The molecule has 3 N–H and O–H groups in total. The van der Waals surface area contributed by atoms with Gasteiger partial charge in [0.05, 0.1) is 19.3 Å². The number of hydrogen-bond donors (Lipinski definition) is 2. The first-order chi connectivity index (χ1) is 9.67. The van der Waals surface area contributed by atoms with Crippen molar-refractivity contribution in [2.45, 2.75) is 6.61 Å². The number of ether oxygens (including phenoxy) is 2. The minimum atomic E-state index is -0.0814. The highest BCUT2D eigenvalue weighted by molar-refractivity contribution is 5.55. The molecular weight excluding hydrogens is 256 g/mol. The predicted octanol–water partition coefficient (Wildman–Crippen LogP) is 2.43. The molecule has 0 fully saturated rings. The van der Waals surface area contributed by atoms with Gasteiger partial charge >= 0.3 is 0 Å². The summed E-state index contributed by atoms with van der Waals surface area (Å²) in [7, 11) is 1.51. The third-order valence-corrected chi connectivity index (χ3v) is 2.75. The van der Waals surface area contributed by atoms with Gasteiger partial charge in [-0.05, 0) is 35.9 Å². The van der Waals surface area contributed by atoms with Gasteiger partial charge in [-0.1, -0.05) is 6.07 Å². The van der Waals surface area contributed by atoms with Crippen molar-refractivity contribution in [1.29, 1.82) is 5.26 Å². The van der Waals surface area contributed by atoms with Gasteiger partial charge in [0.2, 0.25) is 0 Å². The lowest BCUT2D eigenvalue weighted by molar-refractivity contribution is 0.280. The zero-order valence-electron chi connectivity index (χ0n) is 11.0. The van der Waals surface area contributed by atoms with Gasteiger partial charge in [0.25, 0.3) is 0 Å². The number of benzene rings is 2. The Morgan fingerprint density at radius 3 is 2.55 bits per heavy atom. The Morgan fingerprint density at radius 1 is 1.15 bits per heavy atom. The van der Waals surface area contributed by atoms with E-state index in [0.29, 0.717) is 34.1 Å². The van der Waals surface area contributed by atoms with E-state index in [1.807, 2.05) is 6.07 Å². The van der Waals surface area contributed by atoms with Gasteiger partial charge in [-0.2, -0.15) is 5.26 Å². The number of aliphatic hydroxyl groups is 1. The summed E-state index contributed by atoms with van der Waals surface area (Å²) in [5.74, 6) is 1.35. The van der Waals surface area contributed by atoms with Crippen LogP contribution in [0.2, 0.25) is 0 Å². The monoisotopic (exact) mass is 270 g/mol. The van der Waals surface area contributed by atoms with Crippen LogP contribution >= 0.6 is 0 Å². The largest absolute Gasteiger partial charge is 0.493 e. The molecule has 2 aromatic rings. The zero-order valence-corrected chi connectivity index (χ0v) is 11.0. The van der Waals surface area contributed by atoms with Gasteiger partial charge in [0.1, 0.15) is 11.8 Å². The van der Waals surface area contributed by atoms with Crippen LogP contribution in [-0.2, 0) is 6.61 Å². The van der Waals surface area contributed by atoms with Crippen LogP contribution in [0.25, 0.3) is 0 Å². The standard InChI is InChI=1S/C15H14N2O3/c1-19-15-6-10(9-18)2-4-14(15)20-13-5-3-12(17)7-11(13)8-16/h2-7,18H,9,17H2,1H3. The van der Waals surface area contributed by atoms with E-state index >= 15 is 0 Å². The van der Waals surface area contributed by atoms with E-state index in [0.717, 1.165) is 0 Å². The second kappa shape index (κ2) is 5.95. The topological polar surface area (TPSA) is 88.5 Å². The summed E-state index contributed by atoms with van der Waals surface area (Å²) >= 11 is 0. The van der Waals surface area contributed by atoms with Crippen molar-refractivity contribution in [2.75, 3.05) is 12.8 Å². The van der Waals surface area contributed by atoms with Crippen LogP contribution in [0.5, 0.6) is 17.2 Å². The molecule has 0 saturated heterocycles. The molecule has 0 radical (unpaired) electrons. The summed E-state index contributed by atoms with van der Waals surface area (Å²) in [6.07, 6.45) is 0. The van der Waals surface area contributed by atoms with Crippen molar-refractivity contribution in [1.82, 2.24) is 0 Å². The molecule has 0 unspecified atom stereocenters. The first-order valence-corrected chi connectivity index (χ1v) is 5.93. The highest BCUT2D eigenvalue weighted by Crippen LogP contribution is 2.34. The lowest BCUT2D eigenvalue weighted by Crippen LogP contribution is -1.95. The highest BCUT2D eigenvalue weighted by Gasteiger charge is 2.10. The van der Waals surface area contributed by atoms with Crippen molar-refractivity contribution in [3.05, 3.63) is 47.5 Å². The van der Waals surface area contributed by atoms with Crippen LogP contribution in [0.15, 0.2) is 36.4 Å². The van der Waals surface area contributed by atoms with Gasteiger partial charge in [-0.25, -0.2) is 0 Å². The molecule has 0 atom stereocenters. The molecule has 0 aliphatic carbocycles. The van der Waals surface area contributed by atoms with E-state index < -0.39 is 0 Å². The maximum absolute atomic E-state index is 9.10. The number of nitrogens with zero attached hydrogens (tertiary/aromatic N) is 1. The predicted molar refractivity (Wildman–Crippen MR) is 74.6 cm³/mol. The Balaban J connectivity index is 2.37. The average molecular weight is 270 g/mol. The number of nitrogen functional groups attached to an aromatic ring is 1. The van der Waals surface area contributed by atoms with E-state index in [1.165, 1.54) is 7.11 Å². The third kappa shape index (κ3) is 2.82. The van der Waals surface area contributed by atoms with E-state index in [2.05, 4.69) is 0 Å². The molecule has 0 aliphatic rings. The Morgan fingerprint density at radius 2 is 1.90 bits per heavy atom. The van der Waals surface area contributed by atoms with Gasteiger partial charge in [0.15, 0.2) is 11.5 Å². The first-order valence-electron chi connectivity index (χ1n) is 5.93. The Kier molecular flexibility index (Phi) is 4.08. The summed E-state index contributed by atoms with van der Waals surface area (Å²) < 4.78 is 10.9. The van der Waals surface area contributed by atoms with Crippen LogP contribution < -0.4 is 15.2 Å². The van der Waals surface area contributed by atoms with Crippen LogP contribution in [0.3, 0.4) is 0 Å². The lowest BCUT2D eigenvalue weighted by atomic mass is 10.2. The fourth-order valence-electron chi connectivity index (χ4n) is 1.74. The first kappa shape index (κ1) is 13.7. The molecule has 5 heteroatoms. The van der Waals surface area contributed by atoms with Crippen LogP contribution in [-0.4, -0.2) is 12.2 Å². The molecule has 5 nitrogen and oxygen atoms in total. The van der Waals surface area contributed by atoms with E-state index in [9.17, 15) is 0 Å². The molecule has 102 valence electrons. The summed E-state index contributed by atoms with van der Waals surface area (Å²) in [6.45, 7) is -0.0814. The zero-order chi connectivity index (χ0) is 14.5. The number of nitriles is 1. The van der Waals surface area contributed by atoms with Crippen LogP contribution in [0, 0.1) is 11.3 Å². The van der Waals surface area contributed by atoms with Crippen molar-refractivity contribution < 1.29 is 14.6 Å². The molecular formula is C15H14N2O3. The number of nitrogens with two attached hydrogens (primary N) is 1. The minimum Gasteiger partial charge on any atom is -0.493 e. The number of aliphatic hydroxyl groups excluding tert-OH is 1. The number of anilines is 1. The molecule has 0 heterocycles. The normalized spacial score (nSPS) is 9.85. The quantitative estimate of drug-likeness (QED) is 0.833. The second-order valence-corrected chi connectivity index (χ2v) is 4.11. The summed E-state index contributed by atoms with van der Waals surface area (Å²) in [5.41, 5.74) is 7.19. The van der Waals surface area contributed by atoms with E-state index in [4.69, 9.17) is 25.6 Å². The summed E-state index contributed by atoms with van der Waals surface area (Å²) in [5, 5.41) is 18.2. The molecule has 0 amide bonds. The molecule has 0 aliphatic heterocycles. The third-order valence-electron chi connectivity index (χ3n) is 2.75. The smallest absolute Gasteiger partial charge is 0.169 e. The van der Waals surface area contributed by atoms with Crippen molar-refractivity contribution in [2.24, 2.45) is 0 Å². The fourth-order valence-corrected chi connectivity index (χ4v) is 1.74. The average Bonchev–Trinajstić information content (AvgIpc) is 2.49. The van der Waals surface area contributed by atoms with E-state index in [-0.39, 0.29) is 6.61 Å². The van der Waals surface area contributed by atoms with Crippen LogP contribution in [0.1, 0.15) is 11.1 Å². The second-order valence-electron chi connectivity index (χ2n) is 4.11. The Bertz CT molecular complexity index is 663. The summed E-state index contributed by atoms with van der Waals surface area (Å²) in [6, 6.07) is 12.0. The maximum Gasteiger partial charge on any atom is 0.169 e. The van der Waals surface area contributed by atoms with Gasteiger partial charge < -0.3 is 20.3 Å². The van der Waals surface area contributed by atoms with E-state index in [1.54, 1.807) is 36.4 Å². The molecule has 0 bridgehead atoms. The molecule has 0 saturated carbocycles. The van der Waals surface area contributed by atoms with Crippen molar-refractivity contribution in [3.63, 3.8) is 0 Å². The molecule has 2 aromatic carbocycles. The fraction of sp³-hybridized carbons (Fsp3) is 0.133. The van der Waals surface area contributed by atoms with Crippen molar-refractivity contribution in [3.8, 4) is 23.3 Å². The van der Waals surface area contributed by atoms with Gasteiger partial charge in [-0.15, -0.1) is 0 Å². The Labute approximate surface area is 116 Å². The number of methoxy groups -OCH3 is 1. The maximum atomic E-state index is 9.10.